The molecule has 32 heavy (non-hydrogen) atoms. The smallest absolute Gasteiger partial charge is 0.274 e. The molecule has 1 fully saturated rings. The maximum absolute atomic E-state index is 13.4. The monoisotopic (exact) mass is 444 g/mol. The molecule has 6 heteroatoms. The highest BCUT2D eigenvalue weighted by Gasteiger charge is 2.33. The number of benzene rings is 1. The Hall–Kier alpha value is -3.18. The molecule has 0 spiro atoms. The Morgan fingerprint density at radius 3 is 2.78 bits per heavy atom. The molecule has 0 aliphatic carbocycles. The summed E-state index contributed by atoms with van der Waals surface area (Å²) in [6, 6.07) is 16.3. The molecule has 1 amide bonds. The fourth-order valence-electron chi connectivity index (χ4n) is 4.60. The van der Waals surface area contributed by atoms with E-state index in [-0.39, 0.29) is 11.9 Å². The topological polar surface area (TPSA) is 50.5 Å². The zero-order valence-electron chi connectivity index (χ0n) is 18.3. The molecule has 1 saturated heterocycles. The van der Waals surface area contributed by atoms with Crippen molar-refractivity contribution in [3.8, 4) is 0 Å². The number of pyridine rings is 2. The van der Waals surface area contributed by atoms with Crippen LogP contribution in [0.4, 0.5) is 0 Å². The second-order valence-electron chi connectivity index (χ2n) is 8.54. The van der Waals surface area contributed by atoms with Gasteiger partial charge in [-0.25, -0.2) is 4.98 Å². The maximum atomic E-state index is 13.4. The molecule has 162 valence electrons. The summed E-state index contributed by atoms with van der Waals surface area (Å²) >= 11 is 6.08. The number of likely N-dealkylation sites (tertiary alicyclic amines) is 1. The van der Waals surface area contributed by atoms with Crippen molar-refractivity contribution in [3.63, 3.8) is 0 Å². The Kier molecular flexibility index (Phi) is 5.43. The van der Waals surface area contributed by atoms with Crippen molar-refractivity contribution in [1.82, 2.24) is 19.3 Å². The summed E-state index contributed by atoms with van der Waals surface area (Å²) in [5, 5.41) is 0.609. The van der Waals surface area contributed by atoms with E-state index in [2.05, 4.69) is 48.3 Å². The highest BCUT2D eigenvalue weighted by molar-refractivity contribution is 6.30. The van der Waals surface area contributed by atoms with E-state index in [4.69, 9.17) is 16.6 Å². The molecule has 5 rings (SSSR count). The number of fused-ring (bicyclic) bond motifs is 1. The lowest BCUT2D eigenvalue weighted by atomic mass is 9.98. The van der Waals surface area contributed by atoms with Gasteiger partial charge in [0.25, 0.3) is 5.91 Å². The molecular formula is C26H25ClN4O. The van der Waals surface area contributed by atoms with Crippen LogP contribution in [0.2, 0.25) is 5.02 Å². The van der Waals surface area contributed by atoms with Crippen LogP contribution in [0.25, 0.3) is 5.65 Å². The number of hydrogen-bond acceptors (Lipinski definition) is 3. The molecular weight excluding hydrogens is 420 g/mol. The van der Waals surface area contributed by atoms with Gasteiger partial charge in [0.15, 0.2) is 0 Å². The summed E-state index contributed by atoms with van der Waals surface area (Å²) in [5.74, 6) is -0.0592. The molecule has 1 unspecified atom stereocenters. The van der Waals surface area contributed by atoms with Crippen LogP contribution in [-0.4, -0.2) is 31.7 Å². The summed E-state index contributed by atoms with van der Waals surface area (Å²) in [7, 11) is 0. The molecule has 3 aromatic heterocycles. The van der Waals surface area contributed by atoms with Crippen molar-refractivity contribution in [2.24, 2.45) is 0 Å². The Morgan fingerprint density at radius 1 is 1.09 bits per heavy atom. The lowest BCUT2D eigenvalue weighted by Gasteiger charge is -2.24. The van der Waals surface area contributed by atoms with Crippen molar-refractivity contribution in [1.29, 1.82) is 0 Å². The van der Waals surface area contributed by atoms with Gasteiger partial charge in [-0.05, 0) is 74.1 Å². The van der Waals surface area contributed by atoms with E-state index in [0.29, 0.717) is 22.9 Å². The van der Waals surface area contributed by atoms with Crippen LogP contribution in [0.1, 0.15) is 57.5 Å². The van der Waals surface area contributed by atoms with Crippen molar-refractivity contribution >= 4 is 23.2 Å². The first-order valence-corrected chi connectivity index (χ1v) is 11.3. The van der Waals surface area contributed by atoms with Crippen molar-refractivity contribution in [2.75, 3.05) is 6.54 Å². The van der Waals surface area contributed by atoms with Gasteiger partial charge in [0, 0.05) is 24.6 Å². The molecule has 1 aromatic carbocycles. The van der Waals surface area contributed by atoms with Gasteiger partial charge in [-0.1, -0.05) is 35.9 Å². The standard InChI is InChI=1S/C26H25ClN4O/c1-17-6-3-4-7-20(17)13-19-12-18(2)28-22(14-19)24-8-5-11-31(24)26(32)23-16-30-15-21(27)9-10-25(30)29-23/h3-4,6-7,9-10,12,14-16,24H,5,8,11,13H2,1-2H3. The van der Waals surface area contributed by atoms with Gasteiger partial charge in [-0.2, -0.15) is 0 Å². The minimum absolute atomic E-state index is 0.0357. The molecule has 1 aliphatic rings. The number of halogens is 1. The zero-order valence-corrected chi connectivity index (χ0v) is 19.0. The first-order valence-electron chi connectivity index (χ1n) is 10.9. The lowest BCUT2D eigenvalue weighted by molar-refractivity contribution is 0.0727. The van der Waals surface area contributed by atoms with E-state index < -0.39 is 0 Å². The summed E-state index contributed by atoms with van der Waals surface area (Å²) in [5.41, 5.74) is 6.91. The minimum Gasteiger partial charge on any atom is -0.329 e. The quantitative estimate of drug-likeness (QED) is 0.413. The number of aryl methyl sites for hydroxylation is 2. The van der Waals surface area contributed by atoms with Crippen LogP contribution >= 0.6 is 11.6 Å². The molecule has 4 heterocycles. The van der Waals surface area contributed by atoms with E-state index >= 15 is 0 Å². The van der Waals surface area contributed by atoms with Crippen LogP contribution in [0.5, 0.6) is 0 Å². The summed E-state index contributed by atoms with van der Waals surface area (Å²) in [4.78, 5) is 24.6. The molecule has 1 aliphatic heterocycles. The van der Waals surface area contributed by atoms with Crippen molar-refractivity contribution < 1.29 is 4.79 Å². The Labute approximate surface area is 192 Å². The minimum atomic E-state index is -0.0592. The summed E-state index contributed by atoms with van der Waals surface area (Å²) < 4.78 is 1.80. The predicted molar refractivity (Wildman–Crippen MR) is 126 cm³/mol. The van der Waals surface area contributed by atoms with Gasteiger partial charge in [-0.3, -0.25) is 9.78 Å². The number of carbonyl (C=O) groups excluding carboxylic acids is 1. The number of hydrogen-bond donors (Lipinski definition) is 0. The maximum Gasteiger partial charge on any atom is 0.274 e. The van der Waals surface area contributed by atoms with Gasteiger partial charge in [-0.15, -0.1) is 0 Å². The Bertz CT molecular complexity index is 1310. The van der Waals surface area contributed by atoms with E-state index in [1.807, 2.05) is 17.9 Å². The van der Waals surface area contributed by atoms with Crippen molar-refractivity contribution in [2.45, 2.75) is 39.2 Å². The average Bonchev–Trinajstić information content (AvgIpc) is 3.41. The summed E-state index contributed by atoms with van der Waals surface area (Å²) in [6.07, 6.45) is 6.24. The lowest BCUT2D eigenvalue weighted by Crippen LogP contribution is -2.31. The molecule has 4 aromatic rings. The van der Waals surface area contributed by atoms with Gasteiger partial charge in [0.1, 0.15) is 11.3 Å². The first-order chi connectivity index (χ1) is 15.5. The molecule has 0 bridgehead atoms. The zero-order chi connectivity index (χ0) is 22.2. The molecule has 0 N–H and O–H groups in total. The van der Waals surface area contributed by atoms with E-state index in [0.717, 1.165) is 30.7 Å². The molecule has 5 nitrogen and oxygen atoms in total. The van der Waals surface area contributed by atoms with E-state index in [9.17, 15) is 4.79 Å². The number of nitrogens with zero attached hydrogens (tertiary/aromatic N) is 4. The largest absolute Gasteiger partial charge is 0.329 e. The summed E-state index contributed by atoms with van der Waals surface area (Å²) in [6.45, 7) is 4.88. The average molecular weight is 445 g/mol. The third-order valence-electron chi connectivity index (χ3n) is 6.18. The van der Waals surface area contributed by atoms with E-state index in [1.165, 1.54) is 16.7 Å². The van der Waals surface area contributed by atoms with Gasteiger partial charge in [0.2, 0.25) is 0 Å². The highest BCUT2D eigenvalue weighted by Crippen LogP contribution is 2.33. The third kappa shape index (κ3) is 4.00. The van der Waals surface area contributed by atoms with Crippen LogP contribution in [0.15, 0.2) is 60.9 Å². The fraction of sp³-hybridized carbons (Fsp3) is 0.269. The SMILES string of the molecule is Cc1cc(Cc2ccccc2C)cc(C2CCCN2C(=O)c2cn3cc(Cl)ccc3n2)n1. The van der Waals surface area contributed by atoms with Crippen LogP contribution < -0.4 is 0 Å². The second kappa shape index (κ2) is 8.40. The fourth-order valence-corrected chi connectivity index (χ4v) is 4.77. The number of carbonyl (C=O) groups is 1. The Balaban J connectivity index is 1.44. The normalized spacial score (nSPS) is 16.1. The third-order valence-corrected chi connectivity index (χ3v) is 6.40. The van der Waals surface area contributed by atoms with Gasteiger partial charge >= 0.3 is 0 Å². The van der Waals surface area contributed by atoms with E-state index in [1.54, 1.807) is 22.9 Å². The second-order valence-corrected chi connectivity index (χ2v) is 8.98. The predicted octanol–water partition coefficient (Wildman–Crippen LogP) is 5.57. The van der Waals surface area contributed by atoms with Gasteiger partial charge < -0.3 is 9.30 Å². The molecule has 0 saturated carbocycles. The van der Waals surface area contributed by atoms with Crippen molar-refractivity contribution in [3.05, 3.63) is 99.7 Å². The molecule has 1 atom stereocenters. The number of amides is 1. The Morgan fingerprint density at radius 2 is 1.94 bits per heavy atom. The highest BCUT2D eigenvalue weighted by atomic mass is 35.5. The van der Waals surface area contributed by atoms with Crippen LogP contribution in [0.3, 0.4) is 0 Å². The molecule has 0 radical (unpaired) electrons. The number of aromatic nitrogens is 3. The first kappa shape index (κ1) is 20.7. The van der Waals surface area contributed by atoms with Gasteiger partial charge in [0.05, 0.1) is 16.8 Å². The number of rotatable bonds is 4. The van der Waals surface area contributed by atoms with Crippen LogP contribution in [-0.2, 0) is 6.42 Å². The number of imidazole rings is 1. The van der Waals surface area contributed by atoms with Crippen LogP contribution in [0, 0.1) is 13.8 Å².